The van der Waals surface area contributed by atoms with Gasteiger partial charge in [0.25, 0.3) is 0 Å². The van der Waals surface area contributed by atoms with Crippen LogP contribution in [0.4, 0.5) is 0 Å². The number of benzene rings is 1. The standard InChI is InChI=1S/C17H20O5/c1-17(12-21-17)14(9-11-15(18)20-2)22-16(19)10-8-13-6-4-3-5-7-13/h3-7,9,11,14H,8,10,12H2,1-2H3/b11-9+/t14-,17+/m1/s1. The number of hydrogen-bond acceptors (Lipinski definition) is 5. The Labute approximate surface area is 129 Å². The van der Waals surface area contributed by atoms with Crippen molar-refractivity contribution in [2.75, 3.05) is 13.7 Å². The van der Waals surface area contributed by atoms with Gasteiger partial charge in [0, 0.05) is 12.5 Å². The fourth-order valence-electron chi connectivity index (χ4n) is 1.97. The molecule has 1 heterocycles. The van der Waals surface area contributed by atoms with Crippen LogP contribution in [0.25, 0.3) is 0 Å². The summed E-state index contributed by atoms with van der Waals surface area (Å²) in [6, 6.07) is 9.73. The third kappa shape index (κ3) is 4.70. The largest absolute Gasteiger partial charge is 0.466 e. The Morgan fingerprint density at radius 2 is 2.05 bits per heavy atom. The molecule has 0 aromatic heterocycles. The number of epoxide rings is 1. The average Bonchev–Trinajstić information content (AvgIpc) is 3.28. The quantitative estimate of drug-likeness (QED) is 0.438. The maximum absolute atomic E-state index is 12.0. The monoisotopic (exact) mass is 304 g/mol. The van der Waals surface area contributed by atoms with Gasteiger partial charge >= 0.3 is 11.9 Å². The fourth-order valence-corrected chi connectivity index (χ4v) is 1.97. The first-order valence-corrected chi connectivity index (χ1v) is 7.17. The van der Waals surface area contributed by atoms with Crippen LogP contribution in [-0.2, 0) is 30.2 Å². The molecule has 0 amide bonds. The maximum Gasteiger partial charge on any atom is 0.330 e. The number of hydrogen-bond donors (Lipinski definition) is 0. The molecule has 0 bridgehead atoms. The fraction of sp³-hybridized carbons (Fsp3) is 0.412. The number of esters is 2. The Bertz CT molecular complexity index is 545. The van der Waals surface area contributed by atoms with Gasteiger partial charge in [-0.2, -0.15) is 0 Å². The van der Waals surface area contributed by atoms with Crippen LogP contribution in [0.2, 0.25) is 0 Å². The summed E-state index contributed by atoms with van der Waals surface area (Å²) in [6.45, 7) is 2.33. The molecule has 1 aromatic carbocycles. The number of rotatable bonds is 7. The van der Waals surface area contributed by atoms with Gasteiger partial charge in [0.05, 0.1) is 13.7 Å². The van der Waals surface area contributed by atoms with Crippen molar-refractivity contribution in [1.29, 1.82) is 0 Å². The highest BCUT2D eigenvalue weighted by molar-refractivity contribution is 5.82. The van der Waals surface area contributed by atoms with Gasteiger partial charge in [0.2, 0.25) is 0 Å². The summed E-state index contributed by atoms with van der Waals surface area (Å²) in [5.41, 5.74) is 0.530. The summed E-state index contributed by atoms with van der Waals surface area (Å²) in [5, 5.41) is 0. The van der Waals surface area contributed by atoms with Crippen molar-refractivity contribution >= 4 is 11.9 Å². The number of carbonyl (C=O) groups is 2. The predicted octanol–water partition coefficient (Wildman–Crippen LogP) is 2.05. The van der Waals surface area contributed by atoms with Crippen molar-refractivity contribution in [3.8, 4) is 0 Å². The van der Waals surface area contributed by atoms with Gasteiger partial charge < -0.3 is 14.2 Å². The van der Waals surface area contributed by atoms with Gasteiger partial charge in [-0.15, -0.1) is 0 Å². The van der Waals surface area contributed by atoms with Crippen molar-refractivity contribution in [3.63, 3.8) is 0 Å². The molecule has 22 heavy (non-hydrogen) atoms. The number of aryl methyl sites for hydroxylation is 1. The summed E-state index contributed by atoms with van der Waals surface area (Å²) < 4.78 is 15.3. The van der Waals surface area contributed by atoms with E-state index in [0.29, 0.717) is 13.0 Å². The molecule has 0 spiro atoms. The molecule has 1 aliphatic rings. The van der Waals surface area contributed by atoms with E-state index >= 15 is 0 Å². The zero-order valence-electron chi connectivity index (χ0n) is 12.8. The Kier molecular flexibility index (Phi) is 5.33. The minimum atomic E-state index is -0.588. The highest BCUT2D eigenvalue weighted by Crippen LogP contribution is 2.33. The molecule has 0 aliphatic carbocycles. The lowest BCUT2D eigenvalue weighted by molar-refractivity contribution is -0.149. The van der Waals surface area contributed by atoms with Crippen LogP contribution in [-0.4, -0.2) is 37.4 Å². The minimum absolute atomic E-state index is 0.280. The molecule has 1 fully saturated rings. The van der Waals surface area contributed by atoms with E-state index in [1.807, 2.05) is 37.3 Å². The zero-order chi connectivity index (χ0) is 16.0. The molecule has 2 atom stereocenters. The molecule has 0 unspecified atom stereocenters. The third-order valence-corrected chi connectivity index (χ3v) is 3.53. The molecular formula is C17H20O5. The highest BCUT2D eigenvalue weighted by atomic mass is 16.6. The van der Waals surface area contributed by atoms with E-state index < -0.39 is 17.7 Å². The molecule has 118 valence electrons. The SMILES string of the molecule is COC(=O)/C=C/[C@@H](OC(=O)CCc1ccccc1)[C@]1(C)CO1. The van der Waals surface area contributed by atoms with E-state index in [9.17, 15) is 9.59 Å². The molecule has 0 saturated carbocycles. The van der Waals surface area contributed by atoms with Gasteiger partial charge in [0.1, 0.15) is 5.60 Å². The summed E-state index contributed by atoms with van der Waals surface area (Å²) >= 11 is 0. The maximum atomic E-state index is 12.0. The van der Waals surface area contributed by atoms with Crippen LogP contribution in [0.1, 0.15) is 18.9 Å². The van der Waals surface area contributed by atoms with Crippen molar-refractivity contribution in [2.45, 2.75) is 31.5 Å². The van der Waals surface area contributed by atoms with Gasteiger partial charge in [-0.05, 0) is 25.0 Å². The van der Waals surface area contributed by atoms with E-state index in [1.165, 1.54) is 19.3 Å². The van der Waals surface area contributed by atoms with Crippen molar-refractivity contribution in [3.05, 3.63) is 48.0 Å². The van der Waals surface area contributed by atoms with Crippen LogP contribution in [0.5, 0.6) is 0 Å². The molecular weight excluding hydrogens is 284 g/mol. The van der Waals surface area contributed by atoms with E-state index in [0.717, 1.165) is 5.56 Å². The second kappa shape index (κ2) is 7.22. The van der Waals surface area contributed by atoms with Gasteiger partial charge in [-0.1, -0.05) is 30.3 Å². The number of methoxy groups -OCH3 is 1. The topological polar surface area (TPSA) is 65.1 Å². The van der Waals surface area contributed by atoms with E-state index in [2.05, 4.69) is 4.74 Å². The Hall–Kier alpha value is -2.14. The molecule has 5 heteroatoms. The summed E-state index contributed by atoms with van der Waals surface area (Å²) in [7, 11) is 1.29. The van der Waals surface area contributed by atoms with Crippen molar-refractivity contribution in [2.24, 2.45) is 0 Å². The lowest BCUT2D eigenvalue weighted by Crippen LogP contribution is -2.30. The van der Waals surface area contributed by atoms with Gasteiger partial charge in [-0.3, -0.25) is 4.79 Å². The highest BCUT2D eigenvalue weighted by Gasteiger charge is 2.48. The van der Waals surface area contributed by atoms with Crippen LogP contribution in [0.3, 0.4) is 0 Å². The zero-order valence-corrected chi connectivity index (χ0v) is 12.8. The van der Waals surface area contributed by atoms with E-state index in [-0.39, 0.29) is 12.4 Å². The van der Waals surface area contributed by atoms with Crippen molar-refractivity contribution in [1.82, 2.24) is 0 Å². The number of ether oxygens (including phenoxy) is 3. The second-order valence-corrected chi connectivity index (χ2v) is 5.38. The molecule has 1 saturated heterocycles. The molecule has 1 aliphatic heterocycles. The summed E-state index contributed by atoms with van der Waals surface area (Å²) in [6.07, 6.45) is 3.07. The van der Waals surface area contributed by atoms with E-state index in [1.54, 1.807) is 0 Å². The Morgan fingerprint density at radius 3 is 2.64 bits per heavy atom. The van der Waals surface area contributed by atoms with E-state index in [4.69, 9.17) is 9.47 Å². The lowest BCUT2D eigenvalue weighted by Gasteiger charge is -2.18. The molecule has 1 aromatic rings. The van der Waals surface area contributed by atoms with Crippen LogP contribution < -0.4 is 0 Å². The smallest absolute Gasteiger partial charge is 0.330 e. The molecule has 0 N–H and O–H groups in total. The molecule has 2 rings (SSSR count). The van der Waals surface area contributed by atoms with Crippen LogP contribution >= 0.6 is 0 Å². The lowest BCUT2D eigenvalue weighted by atomic mass is 10.1. The predicted molar refractivity (Wildman–Crippen MR) is 80.2 cm³/mol. The first-order valence-electron chi connectivity index (χ1n) is 7.17. The van der Waals surface area contributed by atoms with Crippen LogP contribution in [0, 0.1) is 0 Å². The Balaban J connectivity index is 1.88. The number of carbonyl (C=O) groups excluding carboxylic acids is 2. The average molecular weight is 304 g/mol. The third-order valence-electron chi connectivity index (χ3n) is 3.53. The van der Waals surface area contributed by atoms with Gasteiger partial charge in [0.15, 0.2) is 6.10 Å². The molecule has 5 nitrogen and oxygen atoms in total. The van der Waals surface area contributed by atoms with Crippen molar-refractivity contribution < 1.29 is 23.8 Å². The Morgan fingerprint density at radius 1 is 1.36 bits per heavy atom. The summed E-state index contributed by atoms with van der Waals surface area (Å²) in [4.78, 5) is 23.2. The van der Waals surface area contributed by atoms with Gasteiger partial charge in [-0.25, -0.2) is 4.79 Å². The minimum Gasteiger partial charge on any atom is -0.466 e. The van der Waals surface area contributed by atoms with Crippen LogP contribution in [0.15, 0.2) is 42.5 Å². The first-order chi connectivity index (χ1) is 10.5. The second-order valence-electron chi connectivity index (χ2n) is 5.38. The normalized spacial score (nSPS) is 21.4. The summed E-state index contributed by atoms with van der Waals surface area (Å²) in [5.74, 6) is -0.810. The molecule has 0 radical (unpaired) electrons. The first kappa shape index (κ1) is 16.2.